The molecule has 0 aliphatic carbocycles. The molecule has 0 radical (unpaired) electrons. The van der Waals surface area contributed by atoms with E-state index in [0.717, 1.165) is 5.65 Å². The van der Waals surface area contributed by atoms with Crippen molar-refractivity contribution in [2.45, 2.75) is 26.8 Å². The number of nitrogens with zero attached hydrogens (tertiary/aromatic N) is 3. The van der Waals surface area contributed by atoms with E-state index >= 15 is 0 Å². The van der Waals surface area contributed by atoms with E-state index in [-0.39, 0.29) is 6.04 Å². The predicted molar refractivity (Wildman–Crippen MR) is 76.1 cm³/mol. The molecule has 6 heteroatoms. The van der Waals surface area contributed by atoms with E-state index in [1.807, 2.05) is 17.5 Å². The minimum Gasteiger partial charge on any atom is -0.382 e. The Balaban J connectivity index is 2.25. The highest BCUT2D eigenvalue weighted by atomic mass is 16.5. The van der Waals surface area contributed by atoms with Crippen LogP contribution in [0.1, 0.15) is 20.8 Å². The van der Waals surface area contributed by atoms with Gasteiger partial charge >= 0.3 is 0 Å². The van der Waals surface area contributed by atoms with Crippen LogP contribution in [0, 0.1) is 5.92 Å². The molecule has 6 nitrogen and oxygen atoms in total. The average Bonchev–Trinajstić information content (AvgIpc) is 2.81. The minimum atomic E-state index is 0.176. The Morgan fingerprint density at radius 3 is 2.95 bits per heavy atom. The Bertz CT molecular complexity index is 537. The summed E-state index contributed by atoms with van der Waals surface area (Å²) in [6.07, 6.45) is 5.33. The summed E-state index contributed by atoms with van der Waals surface area (Å²) in [6, 6.07) is 0.176. The lowest BCUT2D eigenvalue weighted by Gasteiger charge is -2.23. The number of nitrogen functional groups attached to an aromatic ring is 1. The zero-order valence-electron chi connectivity index (χ0n) is 11.6. The molecule has 0 spiro atoms. The number of hydrogen-bond donors (Lipinski definition) is 2. The predicted octanol–water partition coefficient (Wildman–Crippen LogP) is 1.78. The van der Waals surface area contributed by atoms with Crippen molar-refractivity contribution in [2.24, 2.45) is 5.92 Å². The van der Waals surface area contributed by atoms with Crippen molar-refractivity contribution in [2.75, 3.05) is 24.3 Å². The van der Waals surface area contributed by atoms with Gasteiger partial charge in [-0.3, -0.25) is 0 Å². The molecule has 2 rings (SSSR count). The van der Waals surface area contributed by atoms with Crippen LogP contribution in [0.2, 0.25) is 0 Å². The van der Waals surface area contributed by atoms with Gasteiger partial charge in [-0.15, -0.1) is 0 Å². The first-order valence-corrected chi connectivity index (χ1v) is 6.55. The number of anilines is 2. The van der Waals surface area contributed by atoms with Gasteiger partial charge in [0.15, 0.2) is 11.5 Å². The lowest BCUT2D eigenvalue weighted by Crippen LogP contribution is -2.31. The maximum Gasteiger partial charge on any atom is 0.180 e. The fourth-order valence-corrected chi connectivity index (χ4v) is 1.87. The first-order valence-electron chi connectivity index (χ1n) is 6.55. The fraction of sp³-hybridized carbons (Fsp3) is 0.538. The minimum absolute atomic E-state index is 0.176. The highest BCUT2D eigenvalue weighted by molar-refractivity contribution is 5.65. The number of imidazole rings is 1. The molecule has 3 N–H and O–H groups in total. The number of rotatable bonds is 6. The second kappa shape index (κ2) is 5.88. The summed E-state index contributed by atoms with van der Waals surface area (Å²) in [6.45, 7) is 7.62. The van der Waals surface area contributed by atoms with E-state index < -0.39 is 0 Å². The van der Waals surface area contributed by atoms with Crippen LogP contribution < -0.4 is 11.1 Å². The fourth-order valence-electron chi connectivity index (χ4n) is 1.87. The van der Waals surface area contributed by atoms with Gasteiger partial charge in [0.05, 0.1) is 18.8 Å². The van der Waals surface area contributed by atoms with Crippen LogP contribution in [-0.4, -0.2) is 33.6 Å². The van der Waals surface area contributed by atoms with Gasteiger partial charge in [0.2, 0.25) is 0 Å². The molecule has 0 aliphatic rings. The first kappa shape index (κ1) is 13.6. The summed E-state index contributed by atoms with van der Waals surface area (Å²) in [5, 5.41) is 3.38. The van der Waals surface area contributed by atoms with Crippen LogP contribution in [0.25, 0.3) is 5.65 Å². The van der Waals surface area contributed by atoms with E-state index in [0.29, 0.717) is 30.8 Å². The topological polar surface area (TPSA) is 77.5 Å². The number of fused-ring (bicyclic) bond motifs is 1. The molecular weight excluding hydrogens is 242 g/mol. The van der Waals surface area contributed by atoms with Gasteiger partial charge < -0.3 is 20.2 Å². The summed E-state index contributed by atoms with van der Waals surface area (Å²) in [7, 11) is 0. The van der Waals surface area contributed by atoms with Crippen LogP contribution in [0.5, 0.6) is 0 Å². The quantitative estimate of drug-likeness (QED) is 0.830. The average molecular weight is 263 g/mol. The Hall–Kier alpha value is -1.82. The molecule has 0 saturated carbocycles. The van der Waals surface area contributed by atoms with Crippen molar-refractivity contribution in [3.8, 4) is 0 Å². The zero-order chi connectivity index (χ0) is 13.8. The van der Waals surface area contributed by atoms with Gasteiger partial charge in [-0.2, -0.15) is 0 Å². The van der Waals surface area contributed by atoms with Gasteiger partial charge in [-0.25, -0.2) is 9.97 Å². The second-order valence-electron chi connectivity index (χ2n) is 4.83. The molecule has 0 amide bonds. The van der Waals surface area contributed by atoms with E-state index in [9.17, 15) is 0 Å². The van der Waals surface area contributed by atoms with E-state index in [1.165, 1.54) is 0 Å². The number of nitrogens with one attached hydrogen (secondary N) is 1. The van der Waals surface area contributed by atoms with Crippen molar-refractivity contribution in [3.05, 3.63) is 18.6 Å². The molecule has 2 heterocycles. The molecule has 2 aromatic rings. The number of nitrogens with two attached hydrogens (primary N) is 1. The van der Waals surface area contributed by atoms with Crippen molar-refractivity contribution in [1.82, 2.24) is 14.4 Å². The Labute approximate surface area is 113 Å². The third-order valence-corrected chi connectivity index (χ3v) is 3.02. The molecule has 0 aromatic carbocycles. The van der Waals surface area contributed by atoms with E-state index in [2.05, 4.69) is 29.1 Å². The smallest absolute Gasteiger partial charge is 0.180 e. The Morgan fingerprint density at radius 1 is 1.47 bits per heavy atom. The van der Waals surface area contributed by atoms with Crippen LogP contribution in [0.15, 0.2) is 18.6 Å². The van der Waals surface area contributed by atoms with Crippen molar-refractivity contribution >= 4 is 17.3 Å². The molecule has 104 valence electrons. The Kier molecular flexibility index (Phi) is 4.21. The molecule has 1 unspecified atom stereocenters. The summed E-state index contributed by atoms with van der Waals surface area (Å²) < 4.78 is 7.37. The molecule has 1 atom stereocenters. The standard InChI is InChI=1S/C13H21N5O/c1-4-19-8-10(9(2)3)16-12-13-15-5-6-18(13)7-11(14)17-12/h5-7,9-10H,4,8,14H2,1-3H3,(H,16,17). The van der Waals surface area contributed by atoms with Gasteiger partial charge in [0.1, 0.15) is 5.82 Å². The second-order valence-corrected chi connectivity index (χ2v) is 4.83. The molecule has 0 fully saturated rings. The van der Waals surface area contributed by atoms with Crippen LogP contribution in [0.4, 0.5) is 11.6 Å². The number of hydrogen-bond acceptors (Lipinski definition) is 5. The van der Waals surface area contributed by atoms with Crippen LogP contribution in [-0.2, 0) is 4.74 Å². The van der Waals surface area contributed by atoms with Gasteiger partial charge in [-0.05, 0) is 12.8 Å². The van der Waals surface area contributed by atoms with Crippen molar-refractivity contribution in [1.29, 1.82) is 0 Å². The highest BCUT2D eigenvalue weighted by Crippen LogP contribution is 2.18. The monoisotopic (exact) mass is 263 g/mol. The zero-order valence-corrected chi connectivity index (χ0v) is 11.6. The third-order valence-electron chi connectivity index (χ3n) is 3.02. The van der Waals surface area contributed by atoms with Crippen molar-refractivity contribution in [3.63, 3.8) is 0 Å². The Morgan fingerprint density at radius 2 is 2.26 bits per heavy atom. The van der Waals surface area contributed by atoms with Crippen LogP contribution >= 0.6 is 0 Å². The lowest BCUT2D eigenvalue weighted by molar-refractivity contribution is 0.126. The molecule has 0 saturated heterocycles. The normalized spacial score (nSPS) is 13.1. The molecular formula is C13H21N5O. The summed E-state index contributed by atoms with van der Waals surface area (Å²) in [5.41, 5.74) is 6.58. The van der Waals surface area contributed by atoms with Gasteiger partial charge in [-0.1, -0.05) is 13.8 Å². The lowest BCUT2D eigenvalue weighted by atomic mass is 10.1. The van der Waals surface area contributed by atoms with E-state index in [1.54, 1.807) is 12.4 Å². The van der Waals surface area contributed by atoms with E-state index in [4.69, 9.17) is 10.5 Å². The maximum atomic E-state index is 5.80. The van der Waals surface area contributed by atoms with Crippen LogP contribution in [0.3, 0.4) is 0 Å². The largest absolute Gasteiger partial charge is 0.382 e. The molecule has 19 heavy (non-hydrogen) atoms. The number of ether oxygens (including phenoxy) is 1. The van der Waals surface area contributed by atoms with Gasteiger partial charge in [0.25, 0.3) is 0 Å². The van der Waals surface area contributed by atoms with Gasteiger partial charge in [0, 0.05) is 19.0 Å². The van der Waals surface area contributed by atoms with Crippen molar-refractivity contribution < 1.29 is 4.74 Å². The molecule has 0 bridgehead atoms. The summed E-state index contributed by atoms with van der Waals surface area (Å²) >= 11 is 0. The first-order chi connectivity index (χ1) is 9.11. The SMILES string of the molecule is CCOCC(Nc1nc(N)cn2ccnc12)C(C)C. The highest BCUT2D eigenvalue weighted by Gasteiger charge is 2.16. The molecule has 2 aromatic heterocycles. The summed E-state index contributed by atoms with van der Waals surface area (Å²) in [4.78, 5) is 8.63. The maximum absolute atomic E-state index is 5.80. The summed E-state index contributed by atoms with van der Waals surface area (Å²) in [5.74, 6) is 1.58. The number of aromatic nitrogens is 3. The molecule has 0 aliphatic heterocycles. The third kappa shape index (κ3) is 3.14.